The van der Waals surface area contributed by atoms with Crippen LogP contribution in [0.4, 0.5) is 0 Å². The first kappa shape index (κ1) is 15.5. The van der Waals surface area contributed by atoms with Crippen LogP contribution >= 0.6 is 0 Å². The lowest BCUT2D eigenvalue weighted by atomic mass is 9.87. The van der Waals surface area contributed by atoms with Crippen molar-refractivity contribution in [2.45, 2.75) is 40.2 Å². The predicted octanol–water partition coefficient (Wildman–Crippen LogP) is 2.25. The average molecular weight is 276 g/mol. The van der Waals surface area contributed by atoms with Gasteiger partial charge in [-0.1, -0.05) is 6.07 Å². The normalized spacial score (nSPS) is 18.2. The van der Waals surface area contributed by atoms with Crippen LogP contribution in [0, 0.1) is 27.7 Å². The largest absolute Gasteiger partial charge is 0.396 e. The third-order valence-corrected chi connectivity index (χ3v) is 4.75. The van der Waals surface area contributed by atoms with Gasteiger partial charge in [0.1, 0.15) is 0 Å². The summed E-state index contributed by atoms with van der Waals surface area (Å²) in [5, 5.41) is 12.9. The van der Waals surface area contributed by atoms with E-state index in [1.165, 1.54) is 27.8 Å². The number of piperazine rings is 1. The summed E-state index contributed by atoms with van der Waals surface area (Å²) in [6.45, 7) is 13.3. The smallest absolute Gasteiger partial charge is 0.0449 e. The first-order valence-corrected chi connectivity index (χ1v) is 7.69. The van der Waals surface area contributed by atoms with E-state index in [2.05, 4.69) is 44.0 Å². The summed E-state index contributed by atoms with van der Waals surface area (Å²) < 4.78 is 0. The lowest BCUT2D eigenvalue weighted by molar-refractivity contribution is 0.140. The molecule has 1 heterocycles. The van der Waals surface area contributed by atoms with E-state index >= 15 is 0 Å². The van der Waals surface area contributed by atoms with Gasteiger partial charge in [-0.2, -0.15) is 0 Å². The Kier molecular flexibility index (Phi) is 5.19. The highest BCUT2D eigenvalue weighted by molar-refractivity contribution is 5.45. The Morgan fingerprint density at radius 1 is 1.10 bits per heavy atom. The fraction of sp³-hybridized carbons (Fsp3) is 0.647. The minimum atomic E-state index is 0.250. The molecular weight excluding hydrogens is 248 g/mol. The maximum atomic E-state index is 9.51. The molecule has 2 N–H and O–H groups in total. The van der Waals surface area contributed by atoms with Gasteiger partial charge in [-0.3, -0.25) is 4.90 Å². The Bertz CT molecular complexity index is 438. The second-order valence-electron chi connectivity index (χ2n) is 5.99. The molecule has 1 aromatic rings. The van der Waals surface area contributed by atoms with Crippen molar-refractivity contribution < 1.29 is 5.11 Å². The van der Waals surface area contributed by atoms with E-state index in [0.29, 0.717) is 6.04 Å². The monoisotopic (exact) mass is 276 g/mol. The van der Waals surface area contributed by atoms with Gasteiger partial charge in [0.05, 0.1) is 0 Å². The summed E-state index contributed by atoms with van der Waals surface area (Å²) in [5.74, 6) is 0. The minimum absolute atomic E-state index is 0.250. The van der Waals surface area contributed by atoms with Gasteiger partial charge in [0, 0.05) is 38.8 Å². The molecule has 1 aliphatic heterocycles. The molecule has 2 rings (SSSR count). The summed E-state index contributed by atoms with van der Waals surface area (Å²) in [5.41, 5.74) is 6.95. The second-order valence-corrected chi connectivity index (χ2v) is 5.99. The molecule has 1 unspecified atom stereocenters. The molecule has 0 aromatic heterocycles. The van der Waals surface area contributed by atoms with E-state index in [1.54, 1.807) is 0 Å². The van der Waals surface area contributed by atoms with E-state index in [1.807, 2.05) is 0 Å². The van der Waals surface area contributed by atoms with E-state index in [9.17, 15) is 5.11 Å². The van der Waals surface area contributed by atoms with Crippen molar-refractivity contribution in [1.82, 2.24) is 10.2 Å². The Morgan fingerprint density at radius 3 is 2.15 bits per heavy atom. The number of aryl methyl sites for hydroxylation is 2. The van der Waals surface area contributed by atoms with Crippen LogP contribution in [0.1, 0.15) is 40.3 Å². The standard InChI is InChI=1S/C17H28N2O/c1-12-11-13(2)15(4)17(14(12)3)16(5-10-20)19-8-6-18-7-9-19/h11,16,18,20H,5-10H2,1-4H3. The fourth-order valence-electron chi connectivity index (χ4n) is 3.37. The van der Waals surface area contributed by atoms with Crippen LogP contribution in [-0.2, 0) is 0 Å². The van der Waals surface area contributed by atoms with Gasteiger partial charge in [-0.25, -0.2) is 0 Å². The zero-order valence-corrected chi connectivity index (χ0v) is 13.3. The van der Waals surface area contributed by atoms with Gasteiger partial charge in [-0.05, 0) is 61.9 Å². The maximum Gasteiger partial charge on any atom is 0.0449 e. The van der Waals surface area contributed by atoms with Gasteiger partial charge in [-0.15, -0.1) is 0 Å². The van der Waals surface area contributed by atoms with Crippen molar-refractivity contribution >= 4 is 0 Å². The van der Waals surface area contributed by atoms with Crippen molar-refractivity contribution in [3.63, 3.8) is 0 Å². The van der Waals surface area contributed by atoms with Crippen LogP contribution in [0.5, 0.6) is 0 Å². The number of aliphatic hydroxyl groups excluding tert-OH is 1. The highest BCUT2D eigenvalue weighted by Gasteiger charge is 2.25. The van der Waals surface area contributed by atoms with E-state index < -0.39 is 0 Å². The molecule has 3 heteroatoms. The molecule has 0 radical (unpaired) electrons. The summed E-state index contributed by atoms with van der Waals surface area (Å²) in [4.78, 5) is 2.53. The van der Waals surface area contributed by atoms with E-state index in [4.69, 9.17) is 0 Å². The Balaban J connectivity index is 2.42. The third kappa shape index (κ3) is 3.05. The summed E-state index contributed by atoms with van der Waals surface area (Å²) in [6.07, 6.45) is 0.824. The molecule has 0 amide bonds. The lowest BCUT2D eigenvalue weighted by Crippen LogP contribution is -2.45. The molecule has 1 fully saturated rings. The summed E-state index contributed by atoms with van der Waals surface area (Å²) in [6, 6.07) is 2.63. The average Bonchev–Trinajstić information content (AvgIpc) is 2.45. The van der Waals surface area contributed by atoms with Gasteiger partial charge >= 0.3 is 0 Å². The van der Waals surface area contributed by atoms with Crippen molar-refractivity contribution in [3.05, 3.63) is 33.9 Å². The molecule has 1 saturated heterocycles. The van der Waals surface area contributed by atoms with Crippen molar-refractivity contribution in [2.24, 2.45) is 0 Å². The molecule has 1 atom stereocenters. The number of nitrogens with zero attached hydrogens (tertiary/aromatic N) is 1. The van der Waals surface area contributed by atoms with E-state index in [0.717, 1.165) is 32.6 Å². The molecule has 0 saturated carbocycles. The lowest BCUT2D eigenvalue weighted by Gasteiger charge is -2.37. The topological polar surface area (TPSA) is 35.5 Å². The molecule has 1 aliphatic rings. The Labute approximate surface area is 123 Å². The zero-order valence-electron chi connectivity index (χ0n) is 13.3. The van der Waals surface area contributed by atoms with Crippen molar-refractivity contribution in [1.29, 1.82) is 0 Å². The van der Waals surface area contributed by atoms with Crippen LogP contribution in [0.25, 0.3) is 0 Å². The molecule has 0 aliphatic carbocycles. The number of hydrogen-bond acceptors (Lipinski definition) is 3. The van der Waals surface area contributed by atoms with Crippen LogP contribution in [0.2, 0.25) is 0 Å². The first-order chi connectivity index (χ1) is 9.56. The van der Waals surface area contributed by atoms with Crippen LogP contribution in [-0.4, -0.2) is 42.8 Å². The van der Waals surface area contributed by atoms with Gasteiger partial charge in [0.25, 0.3) is 0 Å². The number of benzene rings is 1. The van der Waals surface area contributed by atoms with Crippen LogP contribution < -0.4 is 5.32 Å². The highest BCUT2D eigenvalue weighted by Crippen LogP contribution is 2.33. The molecule has 3 nitrogen and oxygen atoms in total. The first-order valence-electron chi connectivity index (χ1n) is 7.69. The van der Waals surface area contributed by atoms with Gasteiger partial charge in [0.15, 0.2) is 0 Å². The van der Waals surface area contributed by atoms with Crippen molar-refractivity contribution in [3.8, 4) is 0 Å². The predicted molar refractivity (Wildman–Crippen MR) is 84.3 cm³/mol. The molecule has 0 bridgehead atoms. The van der Waals surface area contributed by atoms with E-state index in [-0.39, 0.29) is 6.61 Å². The van der Waals surface area contributed by atoms with Gasteiger partial charge in [0.2, 0.25) is 0 Å². The third-order valence-electron chi connectivity index (χ3n) is 4.75. The quantitative estimate of drug-likeness (QED) is 0.885. The molecule has 20 heavy (non-hydrogen) atoms. The van der Waals surface area contributed by atoms with Crippen LogP contribution in [0.3, 0.4) is 0 Å². The highest BCUT2D eigenvalue weighted by atomic mass is 16.3. The summed E-state index contributed by atoms with van der Waals surface area (Å²) in [7, 11) is 0. The minimum Gasteiger partial charge on any atom is -0.396 e. The maximum absolute atomic E-state index is 9.51. The fourth-order valence-corrected chi connectivity index (χ4v) is 3.37. The number of aliphatic hydroxyl groups is 1. The molecular formula is C17H28N2O. The van der Waals surface area contributed by atoms with Crippen molar-refractivity contribution in [2.75, 3.05) is 32.8 Å². The molecule has 1 aromatic carbocycles. The van der Waals surface area contributed by atoms with Crippen LogP contribution in [0.15, 0.2) is 6.07 Å². The number of hydrogen-bond donors (Lipinski definition) is 2. The number of nitrogens with one attached hydrogen (secondary N) is 1. The number of rotatable bonds is 4. The van der Waals surface area contributed by atoms with Gasteiger partial charge < -0.3 is 10.4 Å². The Morgan fingerprint density at radius 2 is 1.65 bits per heavy atom. The molecule has 0 spiro atoms. The summed E-state index contributed by atoms with van der Waals surface area (Å²) >= 11 is 0. The Hall–Kier alpha value is -0.900. The molecule has 112 valence electrons. The SMILES string of the molecule is Cc1cc(C)c(C)c(C(CCO)N2CCNCC2)c1C. The second kappa shape index (κ2) is 6.70. The zero-order chi connectivity index (χ0) is 14.7.